The number of aliphatic carboxylic acids is 1. The highest BCUT2D eigenvalue weighted by atomic mass is 32.2. The number of carboxylic acid groups (broad SMARTS) is 1. The number of likely N-dealkylation sites (tertiary alicyclic amines) is 1. The second-order valence-electron chi connectivity index (χ2n) is 6.25. The van der Waals surface area contributed by atoms with Gasteiger partial charge in [-0.1, -0.05) is 24.3 Å². The first-order chi connectivity index (χ1) is 13.1. The molecule has 0 unspecified atom stereocenters. The molecule has 1 heterocycles. The van der Waals surface area contributed by atoms with Crippen molar-refractivity contribution in [1.82, 2.24) is 4.90 Å². The van der Waals surface area contributed by atoms with Crippen LogP contribution in [-0.2, 0) is 14.4 Å². The molecular weight excluding hydrogens is 382 g/mol. The third-order valence-electron chi connectivity index (χ3n) is 4.18. The van der Waals surface area contributed by atoms with Crippen molar-refractivity contribution in [3.05, 3.63) is 42.5 Å². The van der Waals surface area contributed by atoms with Crippen LogP contribution < -0.4 is 0 Å². The predicted molar refractivity (Wildman–Crippen MR) is 110 cm³/mol. The predicted octanol–water partition coefficient (Wildman–Crippen LogP) is 3.84. The minimum absolute atomic E-state index is 0.0359. The van der Waals surface area contributed by atoms with Gasteiger partial charge in [0.1, 0.15) is 0 Å². The van der Waals surface area contributed by atoms with E-state index in [2.05, 4.69) is 0 Å². The smallest absolute Gasteiger partial charge is 0.303 e. The van der Waals surface area contributed by atoms with Crippen LogP contribution in [0.4, 0.5) is 0 Å². The van der Waals surface area contributed by atoms with Crippen LogP contribution in [0.3, 0.4) is 0 Å². The van der Waals surface area contributed by atoms with Gasteiger partial charge in [0.25, 0.3) is 0 Å². The number of thioether (sulfide) groups is 2. The Bertz CT molecular complexity index is 663. The first-order valence-electron chi connectivity index (χ1n) is 9.10. The fraction of sp³-hybridized carbons (Fsp3) is 0.450. The van der Waals surface area contributed by atoms with E-state index in [1.807, 2.05) is 41.3 Å². The number of benzene rings is 1. The van der Waals surface area contributed by atoms with E-state index >= 15 is 0 Å². The number of hydrogen-bond donors (Lipinski definition) is 1. The maximum absolute atomic E-state index is 12.3. The maximum Gasteiger partial charge on any atom is 0.303 e. The molecule has 1 aromatic carbocycles. The van der Waals surface area contributed by atoms with Crippen molar-refractivity contribution >= 4 is 40.5 Å². The molecule has 5 nitrogen and oxygen atoms in total. The van der Waals surface area contributed by atoms with Gasteiger partial charge in [0.05, 0.1) is 6.04 Å². The van der Waals surface area contributed by atoms with Crippen molar-refractivity contribution in [3.8, 4) is 0 Å². The molecule has 2 rings (SSSR count). The number of carboxylic acids is 1. The molecule has 1 aromatic rings. The first kappa shape index (κ1) is 21.6. The standard InChI is InChI=1S/C20H25NO4S2/c22-18-9-4-6-16(21(18)13-15-26-14-5-10-19(23)24)11-12-20(25)27-17-7-2-1-3-8-17/h1-3,7-8,11-12,16H,4-6,9-10,13-15H2,(H,23,24)/b12-11+/t16-/m1/s1. The summed E-state index contributed by atoms with van der Waals surface area (Å²) in [6.45, 7) is 0.631. The van der Waals surface area contributed by atoms with Gasteiger partial charge in [-0.2, -0.15) is 11.8 Å². The molecule has 0 aliphatic carbocycles. The summed E-state index contributed by atoms with van der Waals surface area (Å²) in [4.78, 5) is 37.7. The molecular formula is C20H25NO4S2. The van der Waals surface area contributed by atoms with Crippen LogP contribution in [-0.4, -0.2) is 51.1 Å². The largest absolute Gasteiger partial charge is 0.481 e. The normalized spacial score (nSPS) is 17.4. The lowest BCUT2D eigenvalue weighted by Crippen LogP contribution is -2.43. The average molecular weight is 408 g/mol. The number of carbonyl (C=O) groups excluding carboxylic acids is 2. The van der Waals surface area contributed by atoms with Crippen LogP contribution in [0.2, 0.25) is 0 Å². The monoisotopic (exact) mass is 407 g/mol. The molecule has 1 N–H and O–H groups in total. The van der Waals surface area contributed by atoms with Gasteiger partial charge in [0, 0.05) is 30.0 Å². The Morgan fingerprint density at radius 1 is 1.22 bits per heavy atom. The highest BCUT2D eigenvalue weighted by Crippen LogP contribution is 2.22. The zero-order valence-corrected chi connectivity index (χ0v) is 16.8. The summed E-state index contributed by atoms with van der Waals surface area (Å²) < 4.78 is 0. The van der Waals surface area contributed by atoms with Crippen LogP contribution in [0.15, 0.2) is 47.4 Å². The molecule has 1 aliphatic heterocycles. The number of amides is 1. The van der Waals surface area contributed by atoms with E-state index in [1.54, 1.807) is 17.8 Å². The van der Waals surface area contributed by atoms with Gasteiger partial charge in [-0.25, -0.2) is 0 Å². The maximum atomic E-state index is 12.3. The highest BCUT2D eigenvalue weighted by Gasteiger charge is 2.25. The lowest BCUT2D eigenvalue weighted by Gasteiger charge is -2.34. The lowest BCUT2D eigenvalue weighted by molar-refractivity contribution is -0.137. The molecule has 0 aromatic heterocycles. The number of rotatable bonds is 10. The molecule has 1 fully saturated rings. The molecule has 27 heavy (non-hydrogen) atoms. The Balaban J connectivity index is 1.80. The summed E-state index contributed by atoms with van der Waals surface area (Å²) in [5.74, 6) is 0.916. The zero-order chi connectivity index (χ0) is 19.5. The minimum atomic E-state index is -0.773. The van der Waals surface area contributed by atoms with E-state index in [-0.39, 0.29) is 23.5 Å². The quantitative estimate of drug-likeness (QED) is 0.361. The summed E-state index contributed by atoms with van der Waals surface area (Å²) in [7, 11) is 0. The van der Waals surface area contributed by atoms with Crippen molar-refractivity contribution in [2.24, 2.45) is 0 Å². The van der Waals surface area contributed by atoms with Crippen LogP contribution in [0.25, 0.3) is 0 Å². The van der Waals surface area contributed by atoms with Gasteiger partial charge in [0.15, 0.2) is 0 Å². The Labute approximate surface area is 168 Å². The topological polar surface area (TPSA) is 74.7 Å². The molecule has 7 heteroatoms. The van der Waals surface area contributed by atoms with E-state index in [0.29, 0.717) is 19.4 Å². The number of piperidine rings is 1. The molecule has 1 aliphatic rings. The molecule has 0 radical (unpaired) electrons. The summed E-state index contributed by atoms with van der Waals surface area (Å²) in [5, 5.41) is 8.60. The highest BCUT2D eigenvalue weighted by molar-refractivity contribution is 8.14. The SMILES string of the molecule is O=C(O)CCCSCCN1C(=O)CCC[C@@H]1/C=C/C(=O)Sc1ccccc1. The molecule has 1 saturated heterocycles. The van der Waals surface area contributed by atoms with Crippen LogP contribution in [0.1, 0.15) is 32.1 Å². The second kappa shape index (κ2) is 11.9. The second-order valence-corrected chi connectivity index (χ2v) is 8.55. The molecule has 1 atom stereocenters. The van der Waals surface area contributed by atoms with Crippen molar-refractivity contribution in [2.75, 3.05) is 18.1 Å². The summed E-state index contributed by atoms with van der Waals surface area (Å²) in [6.07, 6.45) is 6.52. The lowest BCUT2D eigenvalue weighted by atomic mass is 10.0. The van der Waals surface area contributed by atoms with Crippen molar-refractivity contribution < 1.29 is 19.5 Å². The summed E-state index contributed by atoms with van der Waals surface area (Å²) in [6, 6.07) is 9.47. The first-order valence-corrected chi connectivity index (χ1v) is 11.1. The Hall–Kier alpha value is -1.73. The van der Waals surface area contributed by atoms with E-state index in [9.17, 15) is 14.4 Å². The van der Waals surface area contributed by atoms with Crippen LogP contribution >= 0.6 is 23.5 Å². The van der Waals surface area contributed by atoms with Gasteiger partial charge < -0.3 is 10.0 Å². The minimum Gasteiger partial charge on any atom is -0.481 e. The van der Waals surface area contributed by atoms with Crippen LogP contribution in [0.5, 0.6) is 0 Å². The Morgan fingerprint density at radius 2 is 2.00 bits per heavy atom. The fourth-order valence-corrected chi connectivity index (χ4v) is 4.41. The number of nitrogens with zero attached hydrogens (tertiary/aromatic N) is 1. The fourth-order valence-electron chi connectivity index (χ4n) is 2.86. The zero-order valence-electron chi connectivity index (χ0n) is 15.2. The van der Waals surface area contributed by atoms with Crippen LogP contribution in [0, 0.1) is 0 Å². The van der Waals surface area contributed by atoms with Crippen molar-refractivity contribution in [2.45, 2.75) is 43.0 Å². The number of hydrogen-bond acceptors (Lipinski definition) is 5. The Kier molecular flexibility index (Phi) is 9.48. The molecule has 1 amide bonds. The average Bonchev–Trinajstić information content (AvgIpc) is 2.65. The molecule has 0 bridgehead atoms. The van der Waals surface area contributed by atoms with E-state index < -0.39 is 5.97 Å². The molecule has 0 spiro atoms. The van der Waals surface area contributed by atoms with E-state index in [4.69, 9.17) is 5.11 Å². The van der Waals surface area contributed by atoms with Gasteiger partial charge in [-0.05, 0) is 55.0 Å². The number of carbonyl (C=O) groups is 3. The molecule has 146 valence electrons. The van der Waals surface area contributed by atoms with Gasteiger partial charge in [0.2, 0.25) is 11.0 Å². The van der Waals surface area contributed by atoms with Crippen molar-refractivity contribution in [1.29, 1.82) is 0 Å². The Morgan fingerprint density at radius 3 is 2.74 bits per heavy atom. The third kappa shape index (κ3) is 8.22. The van der Waals surface area contributed by atoms with Crippen molar-refractivity contribution in [3.63, 3.8) is 0 Å². The van der Waals surface area contributed by atoms with E-state index in [1.165, 1.54) is 11.8 Å². The third-order valence-corrected chi connectivity index (χ3v) is 6.08. The van der Waals surface area contributed by atoms with Gasteiger partial charge in [-0.3, -0.25) is 14.4 Å². The summed E-state index contributed by atoms with van der Waals surface area (Å²) in [5.41, 5.74) is 0. The van der Waals surface area contributed by atoms with E-state index in [0.717, 1.165) is 29.2 Å². The molecule has 0 saturated carbocycles. The van der Waals surface area contributed by atoms with Gasteiger partial charge >= 0.3 is 5.97 Å². The van der Waals surface area contributed by atoms with Gasteiger partial charge in [-0.15, -0.1) is 0 Å². The summed E-state index contributed by atoms with van der Waals surface area (Å²) >= 11 is 2.85.